The number of aromatic nitrogens is 1. The highest BCUT2D eigenvalue weighted by molar-refractivity contribution is 8.00. The van der Waals surface area contributed by atoms with E-state index in [-0.39, 0.29) is 63.7 Å². The van der Waals surface area contributed by atoms with Crippen LogP contribution in [0.5, 0.6) is 5.75 Å². The Morgan fingerprint density at radius 1 is 0.962 bits per heavy atom. The van der Waals surface area contributed by atoms with Crippen molar-refractivity contribution in [1.29, 1.82) is 0 Å². The number of hydrogen-bond acceptors (Lipinski definition) is 11. The van der Waals surface area contributed by atoms with E-state index >= 15 is 0 Å². The van der Waals surface area contributed by atoms with E-state index in [4.69, 9.17) is 14.6 Å². The molecule has 2 aliphatic heterocycles. The topological polar surface area (TPSA) is 195 Å². The number of para-hydroxylation sites is 1. The third-order valence-electron chi connectivity index (χ3n) is 10.4. The Balaban J connectivity index is 1.07. The van der Waals surface area contributed by atoms with E-state index in [1.807, 2.05) is 12.1 Å². The van der Waals surface area contributed by atoms with Crippen LogP contribution in [0.1, 0.15) is 40.1 Å². The van der Waals surface area contributed by atoms with Crippen LogP contribution in [0.3, 0.4) is 0 Å². The first-order valence-corrected chi connectivity index (χ1v) is 19.9. The molecule has 3 amide bonds. The number of amides is 3. The number of anilines is 2. The Bertz CT molecular complexity index is 2290. The van der Waals surface area contributed by atoms with E-state index in [0.717, 1.165) is 26.8 Å². The molecule has 2 saturated carbocycles. The van der Waals surface area contributed by atoms with Gasteiger partial charge in [0.15, 0.2) is 6.61 Å². The van der Waals surface area contributed by atoms with Gasteiger partial charge in [0.05, 0.1) is 39.6 Å². The van der Waals surface area contributed by atoms with Gasteiger partial charge in [-0.2, -0.15) is 0 Å². The first kappa shape index (κ1) is 34.3. The Morgan fingerprint density at radius 3 is 2.35 bits per heavy atom. The number of imide groups is 1. The number of H-pyrrole nitrogens is 1. The minimum atomic E-state index is -3.88. The first-order valence-electron chi connectivity index (χ1n) is 16.6. The fraction of sp³-hybridized carbons (Fsp3) is 0.306. The van der Waals surface area contributed by atoms with Crippen LogP contribution in [0.15, 0.2) is 87.5 Å². The fourth-order valence-corrected chi connectivity index (χ4v) is 11.9. The van der Waals surface area contributed by atoms with E-state index < -0.39 is 33.7 Å². The normalized spacial score (nSPS) is 25.7. The van der Waals surface area contributed by atoms with Crippen molar-refractivity contribution < 1.29 is 37.1 Å². The highest BCUT2D eigenvalue weighted by Crippen LogP contribution is 2.69. The number of ether oxygens (including phenoxy) is 2. The zero-order valence-electron chi connectivity index (χ0n) is 27.5. The van der Waals surface area contributed by atoms with Crippen LogP contribution in [0.2, 0.25) is 0 Å². The molecule has 3 heterocycles. The van der Waals surface area contributed by atoms with Gasteiger partial charge < -0.3 is 19.8 Å². The number of benzene rings is 3. The zero-order chi connectivity index (χ0) is 36.5. The molecule has 2 aliphatic carbocycles. The number of fused-ring (bicyclic) bond motifs is 9. The molecule has 4 N–H and O–H groups in total. The minimum Gasteiger partial charge on any atom is -0.483 e. The summed E-state index contributed by atoms with van der Waals surface area (Å²) in [5.41, 5.74) is 1.86. The third-order valence-corrected chi connectivity index (χ3v) is 14.0. The number of nitrogens with zero attached hydrogens (tertiary/aromatic N) is 1. The van der Waals surface area contributed by atoms with Crippen molar-refractivity contribution in [1.82, 2.24) is 4.98 Å². The van der Waals surface area contributed by atoms with E-state index in [2.05, 4.69) is 10.3 Å². The maximum absolute atomic E-state index is 14.2. The molecule has 3 fully saturated rings. The number of esters is 1. The molecule has 0 radical (unpaired) electrons. The number of thiazole rings is 1. The van der Waals surface area contributed by atoms with Crippen molar-refractivity contribution in [3.8, 4) is 5.75 Å². The van der Waals surface area contributed by atoms with Crippen molar-refractivity contribution in [2.24, 2.45) is 34.7 Å². The van der Waals surface area contributed by atoms with E-state index in [1.165, 1.54) is 29.2 Å². The number of primary sulfonamides is 1. The molecule has 1 saturated heterocycles. The molecular weight excluding hydrogens is 729 g/mol. The van der Waals surface area contributed by atoms with Gasteiger partial charge in [0.1, 0.15) is 5.75 Å². The Morgan fingerprint density at radius 2 is 1.65 bits per heavy atom. The van der Waals surface area contributed by atoms with Gasteiger partial charge in [-0.3, -0.25) is 24.1 Å². The van der Waals surface area contributed by atoms with Crippen molar-refractivity contribution in [3.05, 3.63) is 98.5 Å². The number of carbonyl (C=O) groups excluding carboxylic acids is 4. The van der Waals surface area contributed by atoms with Crippen LogP contribution in [0, 0.1) is 29.6 Å². The summed E-state index contributed by atoms with van der Waals surface area (Å²) in [6.07, 6.45) is 0.691. The zero-order valence-corrected chi connectivity index (χ0v) is 30.0. The van der Waals surface area contributed by atoms with Crippen molar-refractivity contribution in [2.75, 3.05) is 23.4 Å². The molecule has 4 aromatic rings. The number of sulfonamides is 1. The minimum absolute atomic E-state index is 0.0615. The van der Waals surface area contributed by atoms with Gasteiger partial charge in [-0.1, -0.05) is 29.5 Å². The number of hydrogen-bond donors (Lipinski definition) is 3. The Kier molecular flexibility index (Phi) is 8.59. The molecule has 2 bridgehead atoms. The van der Waals surface area contributed by atoms with Crippen LogP contribution in [0.4, 0.5) is 11.4 Å². The predicted octanol–water partition coefficient (Wildman–Crippen LogP) is 3.96. The van der Waals surface area contributed by atoms with Crippen LogP contribution in [-0.2, 0) is 29.1 Å². The molecule has 8 rings (SSSR count). The Hall–Kier alpha value is -4.77. The average Bonchev–Trinajstić information content (AvgIpc) is 3.86. The molecule has 268 valence electrons. The van der Waals surface area contributed by atoms with E-state index in [1.54, 1.807) is 55.1 Å². The van der Waals surface area contributed by atoms with Crippen LogP contribution in [0.25, 0.3) is 0 Å². The van der Waals surface area contributed by atoms with Crippen LogP contribution in [-0.4, -0.2) is 55.6 Å². The van der Waals surface area contributed by atoms with E-state index in [0.29, 0.717) is 29.1 Å². The van der Waals surface area contributed by atoms with Crippen LogP contribution >= 0.6 is 23.1 Å². The number of carbonyl (C=O) groups is 4. The fourth-order valence-electron chi connectivity index (χ4n) is 8.52. The lowest BCUT2D eigenvalue weighted by Crippen LogP contribution is -2.42. The molecular formula is C36H32N4O9S3. The number of rotatable bonds is 9. The first-order chi connectivity index (χ1) is 24.9. The Labute approximate surface area is 305 Å². The summed E-state index contributed by atoms with van der Waals surface area (Å²) >= 11 is 2.69. The van der Waals surface area contributed by atoms with Crippen molar-refractivity contribution >= 4 is 68.2 Å². The van der Waals surface area contributed by atoms with Gasteiger partial charge in [0.2, 0.25) is 21.8 Å². The molecule has 52 heavy (non-hydrogen) atoms. The third kappa shape index (κ3) is 5.73. The monoisotopic (exact) mass is 760 g/mol. The summed E-state index contributed by atoms with van der Waals surface area (Å²) in [4.78, 5) is 70.9. The second-order valence-electron chi connectivity index (χ2n) is 13.2. The average molecular weight is 761 g/mol. The summed E-state index contributed by atoms with van der Waals surface area (Å²) in [5.74, 6) is -2.77. The van der Waals surface area contributed by atoms with E-state index in [9.17, 15) is 32.4 Å². The second kappa shape index (κ2) is 13.0. The summed E-state index contributed by atoms with van der Waals surface area (Å²) < 4.78 is 34.4. The van der Waals surface area contributed by atoms with Gasteiger partial charge >= 0.3 is 10.8 Å². The quantitative estimate of drug-likeness (QED) is 0.166. The van der Waals surface area contributed by atoms with Gasteiger partial charge in [0, 0.05) is 27.3 Å². The van der Waals surface area contributed by atoms with Crippen molar-refractivity contribution in [3.63, 3.8) is 0 Å². The van der Waals surface area contributed by atoms with Crippen LogP contribution < -0.4 is 25.0 Å². The molecule has 16 heteroatoms. The number of thioether (sulfide) groups is 1. The number of aromatic amines is 1. The molecule has 3 aromatic carbocycles. The highest BCUT2D eigenvalue weighted by Gasteiger charge is 2.69. The number of nitrogens with one attached hydrogen (secondary N) is 2. The van der Waals surface area contributed by atoms with Gasteiger partial charge in [0.25, 0.3) is 5.91 Å². The molecule has 7 atom stereocenters. The molecule has 0 spiro atoms. The van der Waals surface area contributed by atoms with Gasteiger partial charge in [-0.25, -0.2) is 18.4 Å². The largest absolute Gasteiger partial charge is 0.483 e. The molecule has 1 aromatic heterocycles. The second-order valence-corrected chi connectivity index (χ2v) is 16.9. The number of nitrogens with two attached hydrogens (primary N) is 1. The highest BCUT2D eigenvalue weighted by atomic mass is 32.2. The van der Waals surface area contributed by atoms with Gasteiger partial charge in [-0.15, -0.1) is 11.8 Å². The molecule has 4 aliphatic rings. The summed E-state index contributed by atoms with van der Waals surface area (Å²) in [6, 6.07) is 19.1. The predicted molar refractivity (Wildman–Crippen MR) is 192 cm³/mol. The lowest BCUT2D eigenvalue weighted by molar-refractivity contribution is -0.123. The lowest BCUT2D eigenvalue weighted by Gasteiger charge is -2.43. The van der Waals surface area contributed by atoms with Gasteiger partial charge in [-0.05, 0) is 85.7 Å². The summed E-state index contributed by atoms with van der Waals surface area (Å²) in [7, 11) is -3.88. The summed E-state index contributed by atoms with van der Waals surface area (Å²) in [5, 5.41) is 8.53. The maximum Gasteiger partial charge on any atom is 0.338 e. The van der Waals surface area contributed by atoms with Crippen molar-refractivity contribution in [2.45, 2.75) is 34.4 Å². The molecule has 6 unspecified atom stereocenters. The standard InChI is InChI=1S/C36H32N4O9S3/c1-2-48-35(44)17-7-11-19(12-8-17)40-33(42)28-22-15-23(29(28)34(40)43)30-27(22)26(31-32(50-30)39-36(45)51-31)21-5-3-4-6-24(21)49-16-25(41)38-18-9-13-20(14-10-18)52(37,46)47/h3-14,22-23,26-30H,2,15-16H2,1H3,(H,38,41)(H,39,45)(H2,37,46,47)/t22?,23?,26-,27?,28?,29?,30?/m1/s1. The smallest absolute Gasteiger partial charge is 0.338 e. The lowest BCUT2D eigenvalue weighted by atomic mass is 9.68. The molecule has 13 nitrogen and oxygen atoms in total. The summed E-state index contributed by atoms with van der Waals surface area (Å²) in [6.45, 7) is 1.59. The SMILES string of the molecule is CCOC(=O)c1ccc(N2C(=O)C3C4CC(C3C2=O)C2C4Sc3[nH]c(=O)sc3[C@@H]2c2ccccc2OCC(=O)Nc2ccc(S(N)(=O)=O)cc2)cc1. The maximum atomic E-state index is 14.2.